The summed E-state index contributed by atoms with van der Waals surface area (Å²) in [6, 6.07) is 3.35. The third-order valence-corrected chi connectivity index (χ3v) is 2.75. The molecule has 21 heavy (non-hydrogen) atoms. The Morgan fingerprint density at radius 2 is 1.86 bits per heavy atom. The molecule has 0 radical (unpaired) electrons. The summed E-state index contributed by atoms with van der Waals surface area (Å²) in [7, 11) is 0. The van der Waals surface area contributed by atoms with Crippen molar-refractivity contribution in [2.45, 2.75) is 52.6 Å². The van der Waals surface area contributed by atoms with Crippen LogP contribution in [0.15, 0.2) is 12.1 Å². The lowest BCUT2D eigenvalue weighted by Crippen LogP contribution is -2.30. The number of esters is 1. The molecule has 0 amide bonds. The average molecular weight is 295 g/mol. The van der Waals surface area contributed by atoms with Crippen molar-refractivity contribution in [3.05, 3.63) is 23.3 Å². The van der Waals surface area contributed by atoms with Gasteiger partial charge < -0.3 is 14.2 Å². The zero-order valence-electron chi connectivity index (χ0n) is 13.0. The Morgan fingerprint density at radius 3 is 2.43 bits per heavy atom. The van der Waals surface area contributed by atoms with Gasteiger partial charge >= 0.3 is 5.97 Å². The van der Waals surface area contributed by atoms with Crippen LogP contribution in [-0.4, -0.2) is 17.4 Å². The van der Waals surface area contributed by atoms with Crippen molar-refractivity contribution in [1.29, 1.82) is 0 Å². The van der Waals surface area contributed by atoms with E-state index in [9.17, 15) is 4.79 Å². The van der Waals surface area contributed by atoms with Crippen molar-refractivity contribution in [1.82, 2.24) is 0 Å². The molecule has 0 fully saturated rings. The monoisotopic (exact) mass is 295 g/mol. The summed E-state index contributed by atoms with van der Waals surface area (Å²) in [6.45, 7) is 9.11. The van der Waals surface area contributed by atoms with Crippen molar-refractivity contribution in [2.75, 3.05) is 0 Å². The molecule has 116 valence electrons. The van der Waals surface area contributed by atoms with E-state index in [0.717, 1.165) is 0 Å². The largest absolute Gasteiger partial charge is 0.456 e. The van der Waals surface area contributed by atoms with Crippen LogP contribution < -0.4 is 15.4 Å². The van der Waals surface area contributed by atoms with Gasteiger partial charge in [0, 0.05) is 19.4 Å². The molecule has 1 aliphatic rings. The zero-order valence-corrected chi connectivity index (χ0v) is 13.0. The van der Waals surface area contributed by atoms with E-state index < -0.39 is 17.4 Å². The van der Waals surface area contributed by atoms with E-state index in [1.54, 1.807) is 26.0 Å². The van der Waals surface area contributed by atoms with Crippen LogP contribution in [0.4, 0.5) is 0 Å². The van der Waals surface area contributed by atoms with Gasteiger partial charge in [0.15, 0.2) is 11.5 Å². The van der Waals surface area contributed by atoms with E-state index >= 15 is 0 Å². The minimum Gasteiger partial charge on any atom is -0.456 e. The Balaban J connectivity index is 2.42. The SMILES string of the molecule is CC(C)(C)OC(=O)c1ccc(CON)c2c1OC(C)(C)O2. The first-order valence-electron chi connectivity index (χ1n) is 6.72. The Kier molecular flexibility index (Phi) is 3.86. The topological polar surface area (TPSA) is 80.0 Å². The summed E-state index contributed by atoms with van der Waals surface area (Å²) in [5.74, 6) is 4.63. The molecular formula is C15H21NO5. The maximum Gasteiger partial charge on any atom is 0.342 e. The van der Waals surface area contributed by atoms with Crippen LogP contribution in [0, 0.1) is 0 Å². The molecule has 1 aromatic rings. The fraction of sp³-hybridized carbons (Fsp3) is 0.533. The number of benzene rings is 1. The van der Waals surface area contributed by atoms with Gasteiger partial charge in [-0.1, -0.05) is 6.07 Å². The van der Waals surface area contributed by atoms with Gasteiger partial charge in [-0.25, -0.2) is 10.7 Å². The molecule has 0 saturated carbocycles. The van der Waals surface area contributed by atoms with Crippen LogP contribution in [0.5, 0.6) is 11.5 Å². The summed E-state index contributed by atoms with van der Waals surface area (Å²) in [5.41, 5.74) is 0.453. The summed E-state index contributed by atoms with van der Waals surface area (Å²) >= 11 is 0. The fourth-order valence-electron chi connectivity index (χ4n) is 2.03. The highest BCUT2D eigenvalue weighted by atomic mass is 16.7. The first-order valence-corrected chi connectivity index (χ1v) is 6.72. The minimum atomic E-state index is -0.857. The number of carbonyl (C=O) groups is 1. The highest BCUT2D eigenvalue weighted by Gasteiger charge is 2.37. The molecule has 2 rings (SSSR count). The molecule has 0 saturated heterocycles. The maximum atomic E-state index is 12.3. The maximum absolute atomic E-state index is 12.3. The van der Waals surface area contributed by atoms with E-state index in [-0.39, 0.29) is 6.61 Å². The Hall–Kier alpha value is -1.79. The third kappa shape index (κ3) is 3.46. The van der Waals surface area contributed by atoms with E-state index in [0.29, 0.717) is 22.6 Å². The number of hydrogen-bond donors (Lipinski definition) is 1. The molecule has 0 unspecified atom stereocenters. The first kappa shape index (κ1) is 15.6. The standard InChI is InChI=1S/C15H21NO5/c1-14(2,3)21-13(17)10-7-6-9(8-18-16)11-12(10)20-15(4,5)19-11/h6-7H,8,16H2,1-5H3. The van der Waals surface area contributed by atoms with Crippen molar-refractivity contribution in [3.8, 4) is 11.5 Å². The minimum absolute atomic E-state index is 0.163. The van der Waals surface area contributed by atoms with Gasteiger partial charge in [0.2, 0.25) is 5.79 Å². The molecule has 0 spiro atoms. The van der Waals surface area contributed by atoms with Crippen molar-refractivity contribution in [2.24, 2.45) is 5.90 Å². The summed E-state index contributed by atoms with van der Waals surface area (Å²) in [5, 5.41) is 0. The molecule has 0 aliphatic carbocycles. The van der Waals surface area contributed by atoms with Gasteiger partial charge in [-0.15, -0.1) is 0 Å². The molecule has 1 aliphatic heterocycles. The van der Waals surface area contributed by atoms with Crippen molar-refractivity contribution in [3.63, 3.8) is 0 Å². The molecular weight excluding hydrogens is 274 g/mol. The lowest BCUT2D eigenvalue weighted by atomic mass is 10.1. The molecule has 0 atom stereocenters. The van der Waals surface area contributed by atoms with E-state index in [1.807, 2.05) is 20.8 Å². The second-order valence-electron chi connectivity index (χ2n) is 6.35. The Morgan fingerprint density at radius 1 is 1.24 bits per heavy atom. The highest BCUT2D eigenvalue weighted by molar-refractivity contribution is 5.94. The predicted molar refractivity (Wildman–Crippen MR) is 75.9 cm³/mol. The van der Waals surface area contributed by atoms with Crippen LogP contribution in [0.1, 0.15) is 50.5 Å². The van der Waals surface area contributed by atoms with Gasteiger partial charge in [0.25, 0.3) is 0 Å². The van der Waals surface area contributed by atoms with Crippen LogP contribution in [0.2, 0.25) is 0 Å². The van der Waals surface area contributed by atoms with Crippen molar-refractivity contribution >= 4 is 5.97 Å². The fourth-order valence-corrected chi connectivity index (χ4v) is 2.03. The van der Waals surface area contributed by atoms with Gasteiger partial charge in [-0.3, -0.25) is 4.84 Å². The molecule has 1 heterocycles. The molecule has 2 N–H and O–H groups in total. The van der Waals surface area contributed by atoms with Crippen LogP contribution in [-0.2, 0) is 16.2 Å². The van der Waals surface area contributed by atoms with Crippen LogP contribution in [0.3, 0.4) is 0 Å². The molecule has 0 aromatic heterocycles. The molecule has 1 aromatic carbocycles. The average Bonchev–Trinajstić information content (AvgIpc) is 2.62. The summed E-state index contributed by atoms with van der Waals surface area (Å²) < 4.78 is 16.8. The van der Waals surface area contributed by atoms with E-state index in [4.69, 9.17) is 20.1 Å². The van der Waals surface area contributed by atoms with Gasteiger partial charge in [0.05, 0.1) is 6.61 Å². The van der Waals surface area contributed by atoms with Crippen molar-refractivity contribution < 1.29 is 23.8 Å². The smallest absolute Gasteiger partial charge is 0.342 e. The number of rotatable bonds is 3. The number of ether oxygens (including phenoxy) is 3. The van der Waals surface area contributed by atoms with Crippen LogP contribution >= 0.6 is 0 Å². The van der Waals surface area contributed by atoms with Gasteiger partial charge in [-0.2, -0.15) is 0 Å². The lowest BCUT2D eigenvalue weighted by molar-refractivity contribution is -0.0446. The molecule has 0 bridgehead atoms. The molecule has 6 nitrogen and oxygen atoms in total. The van der Waals surface area contributed by atoms with E-state index in [2.05, 4.69) is 4.84 Å². The highest BCUT2D eigenvalue weighted by Crippen LogP contribution is 2.45. The molecule has 6 heteroatoms. The summed E-state index contributed by atoms with van der Waals surface area (Å²) in [4.78, 5) is 16.9. The second kappa shape index (κ2) is 5.20. The van der Waals surface area contributed by atoms with Crippen LogP contribution in [0.25, 0.3) is 0 Å². The Bertz CT molecular complexity index is 560. The third-order valence-electron chi connectivity index (χ3n) is 2.75. The first-order chi connectivity index (χ1) is 9.63. The predicted octanol–water partition coefficient (Wildman–Crippen LogP) is 2.54. The van der Waals surface area contributed by atoms with Gasteiger partial charge in [-0.05, 0) is 26.8 Å². The second-order valence-corrected chi connectivity index (χ2v) is 6.35. The number of fused-ring (bicyclic) bond motifs is 1. The number of hydrogen-bond acceptors (Lipinski definition) is 6. The van der Waals surface area contributed by atoms with E-state index in [1.165, 1.54) is 0 Å². The number of nitrogens with two attached hydrogens (primary N) is 1. The normalized spacial score (nSPS) is 15.9. The Labute approximate surface area is 124 Å². The lowest BCUT2D eigenvalue weighted by Gasteiger charge is -2.20. The zero-order chi connectivity index (χ0) is 15.8. The number of carbonyl (C=O) groups excluding carboxylic acids is 1. The van der Waals surface area contributed by atoms with Gasteiger partial charge in [0.1, 0.15) is 11.2 Å². The quantitative estimate of drug-likeness (QED) is 0.682. The summed E-state index contributed by atoms with van der Waals surface area (Å²) in [6.07, 6.45) is 0.